The van der Waals surface area contributed by atoms with Crippen molar-refractivity contribution in [2.75, 3.05) is 13.1 Å². The molecule has 3 atom stereocenters. The van der Waals surface area contributed by atoms with Crippen LogP contribution in [0.3, 0.4) is 0 Å². The Bertz CT molecular complexity index is 255. The SMILES string of the molecule is CCC(C)NC(=O)C(C)N1CCCCC1CCN. The van der Waals surface area contributed by atoms with Crippen LogP contribution < -0.4 is 11.1 Å². The molecule has 0 saturated carbocycles. The fraction of sp³-hybridized carbons (Fsp3) is 0.929. The highest BCUT2D eigenvalue weighted by atomic mass is 16.2. The second-order valence-electron chi connectivity index (χ2n) is 5.46. The van der Waals surface area contributed by atoms with Crippen LogP contribution in [0.15, 0.2) is 0 Å². The van der Waals surface area contributed by atoms with Crippen LogP contribution in [-0.4, -0.2) is 42.0 Å². The second-order valence-corrected chi connectivity index (χ2v) is 5.46. The average Bonchev–Trinajstić information content (AvgIpc) is 2.38. The molecule has 0 aromatic heterocycles. The molecule has 106 valence electrons. The Balaban J connectivity index is 2.56. The van der Waals surface area contributed by atoms with Gasteiger partial charge in [-0.3, -0.25) is 9.69 Å². The molecule has 18 heavy (non-hydrogen) atoms. The summed E-state index contributed by atoms with van der Waals surface area (Å²) in [6.45, 7) is 7.90. The minimum absolute atomic E-state index is 0.0316. The Morgan fingerprint density at radius 3 is 2.78 bits per heavy atom. The Kier molecular flexibility index (Phi) is 6.65. The van der Waals surface area contributed by atoms with Crippen molar-refractivity contribution in [3.05, 3.63) is 0 Å². The van der Waals surface area contributed by atoms with Crippen LogP contribution in [-0.2, 0) is 4.79 Å². The normalized spacial score (nSPS) is 24.6. The van der Waals surface area contributed by atoms with E-state index in [9.17, 15) is 4.79 Å². The summed E-state index contributed by atoms with van der Waals surface area (Å²) in [5, 5.41) is 3.08. The molecule has 0 spiro atoms. The van der Waals surface area contributed by atoms with E-state index < -0.39 is 0 Å². The van der Waals surface area contributed by atoms with Crippen molar-refractivity contribution >= 4 is 5.91 Å². The maximum atomic E-state index is 12.2. The molecule has 0 aromatic carbocycles. The van der Waals surface area contributed by atoms with Crippen molar-refractivity contribution < 1.29 is 4.79 Å². The number of rotatable bonds is 6. The van der Waals surface area contributed by atoms with Gasteiger partial charge >= 0.3 is 0 Å². The Hall–Kier alpha value is -0.610. The lowest BCUT2D eigenvalue weighted by Gasteiger charge is -2.39. The first-order valence-electron chi connectivity index (χ1n) is 7.36. The molecule has 3 unspecified atom stereocenters. The van der Waals surface area contributed by atoms with E-state index >= 15 is 0 Å². The number of likely N-dealkylation sites (tertiary alicyclic amines) is 1. The molecular formula is C14H29N3O. The summed E-state index contributed by atoms with van der Waals surface area (Å²) in [5.41, 5.74) is 5.67. The van der Waals surface area contributed by atoms with Crippen molar-refractivity contribution in [2.24, 2.45) is 5.73 Å². The number of piperidine rings is 1. The van der Waals surface area contributed by atoms with Gasteiger partial charge in [0.05, 0.1) is 6.04 Å². The lowest BCUT2D eigenvalue weighted by Crippen LogP contribution is -2.53. The van der Waals surface area contributed by atoms with E-state index in [4.69, 9.17) is 5.73 Å². The zero-order chi connectivity index (χ0) is 13.5. The van der Waals surface area contributed by atoms with Gasteiger partial charge in [0.25, 0.3) is 0 Å². The molecule has 1 rings (SSSR count). The van der Waals surface area contributed by atoms with Crippen LogP contribution >= 0.6 is 0 Å². The zero-order valence-corrected chi connectivity index (χ0v) is 12.1. The number of nitrogens with two attached hydrogens (primary N) is 1. The van der Waals surface area contributed by atoms with E-state index in [0.717, 1.165) is 19.4 Å². The first-order chi connectivity index (χ1) is 8.60. The quantitative estimate of drug-likeness (QED) is 0.756. The van der Waals surface area contributed by atoms with Crippen LogP contribution in [0.1, 0.15) is 52.9 Å². The van der Waals surface area contributed by atoms with Gasteiger partial charge < -0.3 is 11.1 Å². The summed E-state index contributed by atoms with van der Waals surface area (Å²) in [6.07, 6.45) is 5.62. The standard InChI is InChI=1S/C14H29N3O/c1-4-11(2)16-14(18)12(3)17-10-6-5-7-13(17)8-9-15/h11-13H,4-10,15H2,1-3H3,(H,16,18). The highest BCUT2D eigenvalue weighted by Crippen LogP contribution is 2.21. The topological polar surface area (TPSA) is 58.4 Å². The van der Waals surface area contributed by atoms with Crippen molar-refractivity contribution in [2.45, 2.75) is 71.0 Å². The van der Waals surface area contributed by atoms with Crippen molar-refractivity contribution in [3.8, 4) is 0 Å². The van der Waals surface area contributed by atoms with Gasteiger partial charge in [0.15, 0.2) is 0 Å². The number of hydrogen-bond acceptors (Lipinski definition) is 3. The number of carbonyl (C=O) groups is 1. The predicted molar refractivity (Wildman–Crippen MR) is 75.4 cm³/mol. The summed E-state index contributed by atoms with van der Waals surface area (Å²) in [7, 11) is 0. The van der Waals surface area contributed by atoms with Crippen LogP contribution in [0.2, 0.25) is 0 Å². The lowest BCUT2D eigenvalue weighted by atomic mass is 9.97. The number of hydrogen-bond donors (Lipinski definition) is 2. The van der Waals surface area contributed by atoms with Gasteiger partial charge in [-0.05, 0) is 52.6 Å². The average molecular weight is 255 g/mol. The van der Waals surface area contributed by atoms with Gasteiger partial charge in [0.1, 0.15) is 0 Å². The second kappa shape index (κ2) is 7.74. The van der Waals surface area contributed by atoms with E-state index in [-0.39, 0.29) is 18.0 Å². The minimum atomic E-state index is -0.0316. The fourth-order valence-electron chi connectivity index (χ4n) is 2.65. The highest BCUT2D eigenvalue weighted by molar-refractivity contribution is 5.81. The fourth-order valence-corrected chi connectivity index (χ4v) is 2.65. The molecule has 0 radical (unpaired) electrons. The number of amides is 1. The van der Waals surface area contributed by atoms with Crippen molar-refractivity contribution in [1.82, 2.24) is 10.2 Å². The number of nitrogens with zero attached hydrogens (tertiary/aromatic N) is 1. The molecule has 0 aromatic rings. The van der Waals surface area contributed by atoms with Gasteiger partial charge in [0.2, 0.25) is 5.91 Å². The molecule has 0 aliphatic carbocycles. The summed E-state index contributed by atoms with van der Waals surface area (Å²) < 4.78 is 0. The summed E-state index contributed by atoms with van der Waals surface area (Å²) >= 11 is 0. The lowest BCUT2D eigenvalue weighted by molar-refractivity contribution is -0.128. The molecule has 1 aliphatic rings. The van der Waals surface area contributed by atoms with E-state index in [2.05, 4.69) is 24.1 Å². The first kappa shape index (κ1) is 15.4. The monoisotopic (exact) mass is 255 g/mol. The van der Waals surface area contributed by atoms with Gasteiger partial charge in [-0.15, -0.1) is 0 Å². The third-order valence-corrected chi connectivity index (χ3v) is 4.05. The zero-order valence-electron chi connectivity index (χ0n) is 12.1. The minimum Gasteiger partial charge on any atom is -0.352 e. The maximum Gasteiger partial charge on any atom is 0.237 e. The molecule has 4 nitrogen and oxygen atoms in total. The Labute approximate surface area is 111 Å². The van der Waals surface area contributed by atoms with Crippen LogP contribution in [0.25, 0.3) is 0 Å². The van der Waals surface area contributed by atoms with Gasteiger partial charge in [0, 0.05) is 12.1 Å². The van der Waals surface area contributed by atoms with Gasteiger partial charge in [-0.2, -0.15) is 0 Å². The Morgan fingerprint density at radius 2 is 2.17 bits per heavy atom. The van der Waals surface area contributed by atoms with E-state index in [1.54, 1.807) is 0 Å². The van der Waals surface area contributed by atoms with Gasteiger partial charge in [-0.25, -0.2) is 0 Å². The van der Waals surface area contributed by atoms with Crippen LogP contribution in [0.5, 0.6) is 0 Å². The van der Waals surface area contributed by atoms with E-state index in [1.165, 1.54) is 19.3 Å². The molecule has 1 fully saturated rings. The molecule has 4 heteroatoms. The Morgan fingerprint density at radius 1 is 1.44 bits per heavy atom. The number of carbonyl (C=O) groups excluding carboxylic acids is 1. The molecular weight excluding hydrogens is 226 g/mol. The van der Waals surface area contributed by atoms with Gasteiger partial charge in [-0.1, -0.05) is 13.3 Å². The third-order valence-electron chi connectivity index (χ3n) is 4.05. The predicted octanol–water partition coefficient (Wildman–Crippen LogP) is 1.49. The molecule has 1 amide bonds. The first-order valence-corrected chi connectivity index (χ1v) is 7.36. The van der Waals surface area contributed by atoms with Crippen LogP contribution in [0.4, 0.5) is 0 Å². The van der Waals surface area contributed by atoms with Crippen molar-refractivity contribution in [1.29, 1.82) is 0 Å². The number of nitrogens with one attached hydrogen (secondary N) is 1. The molecule has 3 N–H and O–H groups in total. The van der Waals surface area contributed by atoms with Crippen molar-refractivity contribution in [3.63, 3.8) is 0 Å². The summed E-state index contributed by atoms with van der Waals surface area (Å²) in [6, 6.07) is 0.718. The summed E-state index contributed by atoms with van der Waals surface area (Å²) in [5.74, 6) is 0.160. The largest absolute Gasteiger partial charge is 0.352 e. The molecule has 1 saturated heterocycles. The smallest absolute Gasteiger partial charge is 0.237 e. The summed E-state index contributed by atoms with van der Waals surface area (Å²) in [4.78, 5) is 14.5. The maximum absolute atomic E-state index is 12.2. The van der Waals surface area contributed by atoms with Crippen LogP contribution in [0, 0.1) is 0 Å². The third kappa shape index (κ3) is 4.25. The highest BCUT2D eigenvalue weighted by Gasteiger charge is 2.29. The molecule has 1 aliphatic heterocycles. The molecule has 0 bridgehead atoms. The van der Waals surface area contributed by atoms with E-state index in [0.29, 0.717) is 12.6 Å². The molecule has 1 heterocycles. The van der Waals surface area contributed by atoms with E-state index in [1.807, 2.05) is 6.92 Å².